The number of nitrogens with zero attached hydrogens (tertiary/aromatic N) is 5. The molecule has 10 aromatic carbocycles. The first-order valence-electron chi connectivity index (χ1n) is 22.4. The van der Waals surface area contributed by atoms with Crippen molar-refractivity contribution in [2.45, 2.75) is 0 Å². The van der Waals surface area contributed by atoms with Gasteiger partial charge in [-0.05, 0) is 87.6 Å². The molecule has 0 aliphatic rings. The molecule has 13 rings (SSSR count). The monoisotopic (exact) mass is 841 g/mol. The van der Waals surface area contributed by atoms with Crippen LogP contribution in [0.1, 0.15) is 0 Å². The van der Waals surface area contributed by atoms with Crippen molar-refractivity contribution < 1.29 is 0 Å². The molecule has 3 heterocycles. The Morgan fingerprint density at radius 2 is 0.667 bits per heavy atom. The number of fused-ring (bicyclic) bond motifs is 9. The van der Waals surface area contributed by atoms with Crippen molar-refractivity contribution in [1.82, 2.24) is 24.1 Å². The quantitative estimate of drug-likeness (QED) is 0.161. The summed E-state index contributed by atoms with van der Waals surface area (Å²) in [6.07, 6.45) is 0. The summed E-state index contributed by atoms with van der Waals surface area (Å²) in [7, 11) is 0. The third-order valence-corrected chi connectivity index (χ3v) is 12.9. The third kappa shape index (κ3) is 6.21. The van der Waals surface area contributed by atoms with Gasteiger partial charge in [0.1, 0.15) is 0 Å². The van der Waals surface area contributed by atoms with E-state index in [2.05, 4.69) is 185 Å². The normalized spacial score (nSPS) is 11.6. The van der Waals surface area contributed by atoms with Gasteiger partial charge in [0.15, 0.2) is 17.5 Å². The lowest BCUT2D eigenvalue weighted by Crippen LogP contribution is -2.01. The van der Waals surface area contributed by atoms with Crippen molar-refractivity contribution in [3.63, 3.8) is 0 Å². The first-order valence-corrected chi connectivity index (χ1v) is 22.4. The van der Waals surface area contributed by atoms with Crippen LogP contribution in [0.3, 0.4) is 0 Å². The lowest BCUT2D eigenvalue weighted by molar-refractivity contribution is 1.07. The highest BCUT2D eigenvalue weighted by atomic mass is 15.0. The standard InChI is InChI=1S/C61H39N5/c1-5-18-40(19-6-1)46-36-47(41-20-7-2-8-21-41)39-49(38-46)66-52-31-16-15-30-51(52)57-54(66)34-35-55-58(57)56-50-29-14-13-22-42(50)32-33-53(56)65(55)48-28-17-27-45(37-48)61-63-59(43-23-9-3-10-24-43)62-60(64-61)44-25-11-4-12-26-44/h1-39H. The highest BCUT2D eigenvalue weighted by Gasteiger charge is 2.23. The Kier molecular flexibility index (Phi) is 8.78. The van der Waals surface area contributed by atoms with Gasteiger partial charge in [0, 0.05) is 49.6 Å². The number of aromatic nitrogens is 5. The molecule has 0 amide bonds. The second-order valence-corrected chi connectivity index (χ2v) is 16.8. The van der Waals surface area contributed by atoms with Crippen molar-refractivity contribution >= 4 is 54.4 Å². The maximum Gasteiger partial charge on any atom is 0.164 e. The molecule has 0 bridgehead atoms. The lowest BCUT2D eigenvalue weighted by atomic mass is 9.98. The average Bonchev–Trinajstić information content (AvgIpc) is 3.93. The summed E-state index contributed by atoms with van der Waals surface area (Å²) in [6.45, 7) is 0. The van der Waals surface area contributed by atoms with Gasteiger partial charge in [-0.3, -0.25) is 0 Å². The minimum Gasteiger partial charge on any atom is -0.309 e. The van der Waals surface area contributed by atoms with E-state index in [4.69, 9.17) is 15.0 Å². The number of para-hydroxylation sites is 1. The number of hydrogen-bond donors (Lipinski definition) is 0. The van der Waals surface area contributed by atoms with Crippen LogP contribution in [0.15, 0.2) is 237 Å². The molecule has 0 aliphatic carbocycles. The van der Waals surface area contributed by atoms with E-state index in [1.807, 2.05) is 60.7 Å². The lowest BCUT2D eigenvalue weighted by Gasteiger charge is -2.14. The molecule has 5 nitrogen and oxygen atoms in total. The van der Waals surface area contributed by atoms with Crippen LogP contribution in [0, 0.1) is 0 Å². The van der Waals surface area contributed by atoms with Crippen LogP contribution in [0.5, 0.6) is 0 Å². The molecule has 0 radical (unpaired) electrons. The smallest absolute Gasteiger partial charge is 0.164 e. The number of hydrogen-bond acceptors (Lipinski definition) is 3. The van der Waals surface area contributed by atoms with Crippen LogP contribution in [-0.2, 0) is 0 Å². The topological polar surface area (TPSA) is 48.5 Å². The summed E-state index contributed by atoms with van der Waals surface area (Å²) in [5.74, 6) is 1.89. The number of benzene rings is 10. The first kappa shape index (κ1) is 37.6. The molecular formula is C61H39N5. The van der Waals surface area contributed by atoms with Crippen LogP contribution in [-0.4, -0.2) is 24.1 Å². The molecule has 308 valence electrons. The van der Waals surface area contributed by atoms with Crippen molar-refractivity contribution in [3.8, 4) is 67.8 Å². The molecule has 0 unspecified atom stereocenters. The van der Waals surface area contributed by atoms with Gasteiger partial charge in [-0.25, -0.2) is 15.0 Å². The fraction of sp³-hybridized carbons (Fsp3) is 0. The van der Waals surface area contributed by atoms with Gasteiger partial charge in [-0.15, -0.1) is 0 Å². The molecular weight excluding hydrogens is 803 g/mol. The van der Waals surface area contributed by atoms with Crippen LogP contribution >= 0.6 is 0 Å². The summed E-state index contributed by atoms with van der Waals surface area (Å²) in [5.41, 5.74) is 14.2. The van der Waals surface area contributed by atoms with E-state index in [9.17, 15) is 0 Å². The third-order valence-electron chi connectivity index (χ3n) is 12.9. The van der Waals surface area contributed by atoms with Gasteiger partial charge in [0.05, 0.1) is 22.1 Å². The molecule has 0 fully saturated rings. The average molecular weight is 842 g/mol. The Bertz CT molecular complexity index is 3850. The largest absolute Gasteiger partial charge is 0.309 e. The molecule has 0 aliphatic heterocycles. The van der Waals surface area contributed by atoms with E-state index >= 15 is 0 Å². The molecule has 66 heavy (non-hydrogen) atoms. The first-order chi connectivity index (χ1) is 32.7. The van der Waals surface area contributed by atoms with Crippen LogP contribution in [0.2, 0.25) is 0 Å². The van der Waals surface area contributed by atoms with Crippen LogP contribution < -0.4 is 0 Å². The summed E-state index contributed by atoms with van der Waals surface area (Å²) < 4.78 is 4.89. The molecule has 0 saturated carbocycles. The Hall–Kier alpha value is -8.93. The Labute approximate surface area is 381 Å². The minimum atomic E-state index is 0.619. The van der Waals surface area contributed by atoms with E-state index in [1.165, 1.54) is 54.6 Å². The maximum atomic E-state index is 5.11. The zero-order valence-corrected chi connectivity index (χ0v) is 35.8. The number of rotatable bonds is 7. The van der Waals surface area contributed by atoms with Gasteiger partial charge >= 0.3 is 0 Å². The van der Waals surface area contributed by atoms with Crippen molar-refractivity contribution in [3.05, 3.63) is 237 Å². The van der Waals surface area contributed by atoms with Gasteiger partial charge in [0.25, 0.3) is 0 Å². The van der Waals surface area contributed by atoms with Gasteiger partial charge in [-0.2, -0.15) is 0 Å². The Morgan fingerprint density at radius 1 is 0.242 bits per heavy atom. The predicted octanol–water partition coefficient (Wildman–Crippen LogP) is 15.6. The zero-order valence-electron chi connectivity index (χ0n) is 35.8. The molecule has 0 atom stereocenters. The molecule has 5 heteroatoms. The highest BCUT2D eigenvalue weighted by Crippen LogP contribution is 2.45. The van der Waals surface area contributed by atoms with E-state index in [1.54, 1.807) is 0 Å². The summed E-state index contributed by atoms with van der Waals surface area (Å²) in [6, 6.07) is 84.2. The van der Waals surface area contributed by atoms with Gasteiger partial charge < -0.3 is 9.13 Å². The van der Waals surface area contributed by atoms with Crippen molar-refractivity contribution in [2.75, 3.05) is 0 Å². The fourth-order valence-corrected chi connectivity index (χ4v) is 9.94. The zero-order chi connectivity index (χ0) is 43.6. The molecule has 3 aromatic heterocycles. The van der Waals surface area contributed by atoms with Crippen LogP contribution in [0.4, 0.5) is 0 Å². The summed E-state index contributed by atoms with van der Waals surface area (Å²) in [5, 5.41) is 7.30. The molecule has 0 N–H and O–H groups in total. The highest BCUT2D eigenvalue weighted by molar-refractivity contribution is 6.33. The molecule has 13 aromatic rings. The Morgan fingerprint density at radius 3 is 1.27 bits per heavy atom. The summed E-state index contributed by atoms with van der Waals surface area (Å²) in [4.78, 5) is 15.2. The molecule has 0 spiro atoms. The Balaban J connectivity index is 1.08. The van der Waals surface area contributed by atoms with Gasteiger partial charge in [0.2, 0.25) is 0 Å². The van der Waals surface area contributed by atoms with Gasteiger partial charge in [-0.1, -0.05) is 182 Å². The summed E-state index contributed by atoms with van der Waals surface area (Å²) >= 11 is 0. The van der Waals surface area contributed by atoms with E-state index in [-0.39, 0.29) is 0 Å². The SMILES string of the molecule is c1ccc(-c2cc(-c3ccccc3)cc(-n3c4ccccc4c4c5c6c7ccccc7ccc6n(-c6cccc(-c7nc(-c8ccccc8)nc(-c8ccccc8)n7)c6)c5ccc43)c2)cc1. The van der Waals surface area contributed by atoms with E-state index < -0.39 is 0 Å². The van der Waals surface area contributed by atoms with Crippen molar-refractivity contribution in [1.29, 1.82) is 0 Å². The second kappa shape index (κ2) is 15.4. The second-order valence-electron chi connectivity index (χ2n) is 16.8. The minimum absolute atomic E-state index is 0.619. The van der Waals surface area contributed by atoms with Crippen molar-refractivity contribution in [2.24, 2.45) is 0 Å². The van der Waals surface area contributed by atoms with E-state index in [0.29, 0.717) is 17.5 Å². The predicted molar refractivity (Wildman–Crippen MR) is 273 cm³/mol. The fourth-order valence-electron chi connectivity index (χ4n) is 9.94. The molecule has 0 saturated heterocycles. The van der Waals surface area contributed by atoms with E-state index in [0.717, 1.165) is 50.1 Å². The van der Waals surface area contributed by atoms with Crippen LogP contribution in [0.25, 0.3) is 122 Å². The maximum absolute atomic E-state index is 5.11.